The van der Waals surface area contributed by atoms with Crippen LogP contribution in [0.25, 0.3) is 0 Å². The molecule has 126 valence electrons. The highest BCUT2D eigenvalue weighted by molar-refractivity contribution is 5.24. The summed E-state index contributed by atoms with van der Waals surface area (Å²) >= 11 is 0. The van der Waals surface area contributed by atoms with E-state index in [1.807, 2.05) is 20.8 Å². The van der Waals surface area contributed by atoms with Crippen LogP contribution < -0.4 is 0 Å². The molecule has 4 saturated carbocycles. The molecule has 4 fully saturated rings. The van der Waals surface area contributed by atoms with Gasteiger partial charge in [-0.2, -0.15) is 0 Å². The van der Waals surface area contributed by atoms with Gasteiger partial charge in [-0.1, -0.05) is 20.8 Å². The van der Waals surface area contributed by atoms with Crippen LogP contribution in [0.2, 0.25) is 0 Å². The second-order valence-corrected chi connectivity index (χ2v) is 8.86. The normalized spacial score (nSPS) is 51.5. The first kappa shape index (κ1) is 15.3. The molecule has 0 aromatic heterocycles. The Kier molecular flexibility index (Phi) is 2.92. The van der Waals surface area contributed by atoms with E-state index in [-0.39, 0.29) is 23.7 Å². The van der Waals surface area contributed by atoms with Crippen molar-refractivity contribution in [2.45, 2.75) is 64.7 Å². The van der Waals surface area contributed by atoms with Crippen LogP contribution >= 0.6 is 0 Å². The quantitative estimate of drug-likeness (QED) is 0.590. The van der Waals surface area contributed by atoms with Gasteiger partial charge < -0.3 is 0 Å². The molecule has 4 heteroatoms. The molecule has 0 spiro atoms. The second-order valence-electron chi connectivity index (χ2n) is 8.86. The molecule has 0 aromatic rings. The van der Waals surface area contributed by atoms with E-state index in [1.54, 1.807) is 0 Å². The van der Waals surface area contributed by atoms with Crippen LogP contribution in [0, 0.1) is 46.8 Å². The lowest BCUT2D eigenvalue weighted by Gasteiger charge is -2.25. The van der Waals surface area contributed by atoms with E-state index in [0.29, 0.717) is 12.8 Å². The zero-order valence-corrected chi connectivity index (χ0v) is 13.6. The number of rotatable bonds is 4. The van der Waals surface area contributed by atoms with E-state index in [9.17, 15) is 17.6 Å². The second kappa shape index (κ2) is 4.22. The molecule has 4 aliphatic carbocycles. The lowest BCUT2D eigenvalue weighted by Crippen LogP contribution is -2.21. The average molecular weight is 318 g/mol. The fraction of sp³-hybridized carbons (Fsp3) is 1.00. The van der Waals surface area contributed by atoms with Crippen molar-refractivity contribution in [3.63, 3.8) is 0 Å². The van der Waals surface area contributed by atoms with E-state index in [1.165, 1.54) is 0 Å². The molecule has 0 nitrogen and oxygen atoms in total. The molecular weight excluding hydrogens is 292 g/mol. The fourth-order valence-electron chi connectivity index (χ4n) is 6.64. The van der Waals surface area contributed by atoms with Gasteiger partial charge in [-0.05, 0) is 55.8 Å². The zero-order chi connectivity index (χ0) is 16.1. The van der Waals surface area contributed by atoms with Crippen LogP contribution in [-0.4, -0.2) is 11.8 Å². The van der Waals surface area contributed by atoms with E-state index in [0.717, 1.165) is 19.3 Å². The van der Waals surface area contributed by atoms with Crippen LogP contribution in [-0.2, 0) is 0 Å². The summed E-state index contributed by atoms with van der Waals surface area (Å²) in [6.07, 6.45) is 3.70. The van der Waals surface area contributed by atoms with Crippen LogP contribution in [0.3, 0.4) is 0 Å². The summed E-state index contributed by atoms with van der Waals surface area (Å²) < 4.78 is 55.9. The Morgan fingerprint density at radius 2 is 1.68 bits per heavy atom. The van der Waals surface area contributed by atoms with E-state index in [4.69, 9.17) is 0 Å². The van der Waals surface area contributed by atoms with Crippen molar-refractivity contribution >= 4 is 0 Å². The Labute approximate surface area is 130 Å². The minimum absolute atomic E-state index is 0.0106. The summed E-state index contributed by atoms with van der Waals surface area (Å²) in [5, 5.41) is 0. The third kappa shape index (κ3) is 1.60. The Balaban J connectivity index is 1.43. The minimum atomic E-state index is -2.52. The topological polar surface area (TPSA) is 0 Å². The lowest BCUT2D eigenvalue weighted by molar-refractivity contribution is 0.0173. The largest absolute Gasteiger partial charge is 0.258 e. The lowest BCUT2D eigenvalue weighted by atomic mass is 9.81. The molecule has 0 heterocycles. The van der Waals surface area contributed by atoms with Gasteiger partial charge in [0.2, 0.25) is 0 Å². The molecule has 0 N–H and O–H groups in total. The fourth-order valence-corrected chi connectivity index (χ4v) is 6.64. The van der Waals surface area contributed by atoms with Crippen molar-refractivity contribution in [1.29, 1.82) is 0 Å². The molecule has 0 amide bonds. The number of hydrogen-bond acceptors (Lipinski definition) is 0. The van der Waals surface area contributed by atoms with Crippen LogP contribution in [0.5, 0.6) is 0 Å². The molecule has 0 aliphatic heterocycles. The monoisotopic (exact) mass is 318 g/mol. The third-order valence-corrected chi connectivity index (χ3v) is 7.85. The van der Waals surface area contributed by atoms with Gasteiger partial charge in [0, 0.05) is 23.2 Å². The molecule has 0 bridgehead atoms. The standard InChI is InChI=1S/C18H26F4/c1-9(2)16-7-6-11(15(16)18(16,21)22)8-10(3)12-4-5-13-14(12)17(13,19)20/h9-15H,4-8H2,1-3H3. The van der Waals surface area contributed by atoms with E-state index < -0.39 is 35.0 Å². The van der Waals surface area contributed by atoms with Crippen molar-refractivity contribution in [2.75, 3.05) is 0 Å². The molecule has 0 saturated heterocycles. The molecule has 22 heavy (non-hydrogen) atoms. The highest BCUT2D eigenvalue weighted by Gasteiger charge is 2.84. The number of halogens is 4. The van der Waals surface area contributed by atoms with Crippen LogP contribution in [0.4, 0.5) is 17.6 Å². The molecule has 7 atom stereocenters. The third-order valence-electron chi connectivity index (χ3n) is 7.85. The first-order valence-corrected chi connectivity index (χ1v) is 8.91. The SMILES string of the molecule is CC(CC1CCC2(C(C)C)C1C2(F)F)C1CCC2C1C2(F)F. The van der Waals surface area contributed by atoms with Crippen LogP contribution in [0.1, 0.15) is 52.9 Å². The maximum Gasteiger partial charge on any atom is 0.258 e. The predicted molar refractivity (Wildman–Crippen MR) is 76.9 cm³/mol. The predicted octanol–water partition coefficient (Wildman–Crippen LogP) is 5.62. The summed E-state index contributed by atoms with van der Waals surface area (Å²) in [6, 6.07) is 0. The summed E-state index contributed by atoms with van der Waals surface area (Å²) in [7, 11) is 0. The van der Waals surface area contributed by atoms with Gasteiger partial charge in [-0.15, -0.1) is 0 Å². The first-order valence-electron chi connectivity index (χ1n) is 8.91. The van der Waals surface area contributed by atoms with Gasteiger partial charge in [0.05, 0.1) is 0 Å². The molecule has 4 aliphatic rings. The van der Waals surface area contributed by atoms with Crippen molar-refractivity contribution in [3.05, 3.63) is 0 Å². The number of hydrogen-bond donors (Lipinski definition) is 0. The molecule has 0 radical (unpaired) electrons. The Morgan fingerprint density at radius 1 is 1.00 bits per heavy atom. The van der Waals surface area contributed by atoms with E-state index in [2.05, 4.69) is 0 Å². The summed E-state index contributed by atoms with van der Waals surface area (Å²) in [4.78, 5) is 0. The summed E-state index contributed by atoms with van der Waals surface area (Å²) in [5.41, 5.74) is -0.779. The maximum absolute atomic E-state index is 14.3. The molecule has 7 unspecified atom stereocenters. The highest BCUT2D eigenvalue weighted by atomic mass is 19.3. The minimum Gasteiger partial charge on any atom is -0.206 e. The van der Waals surface area contributed by atoms with Gasteiger partial charge in [-0.3, -0.25) is 0 Å². The van der Waals surface area contributed by atoms with Gasteiger partial charge in [0.1, 0.15) is 0 Å². The van der Waals surface area contributed by atoms with Crippen molar-refractivity contribution < 1.29 is 17.6 Å². The highest BCUT2D eigenvalue weighted by Crippen LogP contribution is 2.79. The van der Waals surface area contributed by atoms with Gasteiger partial charge >= 0.3 is 0 Å². The number of alkyl halides is 4. The Bertz CT molecular complexity index is 485. The van der Waals surface area contributed by atoms with Crippen molar-refractivity contribution in [2.24, 2.45) is 46.8 Å². The molecule has 4 rings (SSSR count). The maximum atomic E-state index is 14.3. The Morgan fingerprint density at radius 3 is 2.14 bits per heavy atom. The van der Waals surface area contributed by atoms with Crippen molar-refractivity contribution in [1.82, 2.24) is 0 Å². The van der Waals surface area contributed by atoms with E-state index >= 15 is 0 Å². The molecular formula is C18H26F4. The average Bonchev–Trinajstić information content (AvgIpc) is 2.95. The molecule has 0 aromatic carbocycles. The summed E-state index contributed by atoms with van der Waals surface area (Å²) in [5.74, 6) is -6.05. The van der Waals surface area contributed by atoms with Crippen molar-refractivity contribution in [3.8, 4) is 0 Å². The Hall–Kier alpha value is -0.280. The van der Waals surface area contributed by atoms with Gasteiger partial charge in [0.15, 0.2) is 0 Å². The smallest absolute Gasteiger partial charge is 0.206 e. The summed E-state index contributed by atoms with van der Waals surface area (Å²) in [6.45, 7) is 5.84. The van der Waals surface area contributed by atoms with Crippen LogP contribution in [0.15, 0.2) is 0 Å². The zero-order valence-electron chi connectivity index (χ0n) is 13.6. The van der Waals surface area contributed by atoms with Gasteiger partial charge in [-0.25, -0.2) is 17.6 Å². The number of fused-ring (bicyclic) bond motifs is 2. The first-order chi connectivity index (χ1) is 10.2. The van der Waals surface area contributed by atoms with Gasteiger partial charge in [0.25, 0.3) is 11.8 Å².